The maximum Gasteiger partial charge on any atom is 0.573 e. The normalized spacial score (nSPS) is 14.4. The first kappa shape index (κ1) is 19.2. The van der Waals surface area contributed by atoms with E-state index in [1.165, 1.54) is 12.1 Å². The van der Waals surface area contributed by atoms with Crippen LogP contribution in [0.1, 0.15) is 20.3 Å². The van der Waals surface area contributed by atoms with Gasteiger partial charge in [-0.3, -0.25) is 4.52 Å². The van der Waals surface area contributed by atoms with E-state index in [-0.39, 0.29) is 12.4 Å². The van der Waals surface area contributed by atoms with Gasteiger partial charge >= 0.3 is 14.2 Å². The molecule has 0 aromatic heterocycles. The molecule has 0 spiro atoms. The molecule has 1 atom stereocenters. The molecule has 0 aliphatic carbocycles. The zero-order chi connectivity index (χ0) is 16.6. The molecule has 0 saturated heterocycles. The molecule has 1 aromatic rings. The van der Waals surface area contributed by atoms with Crippen molar-refractivity contribution in [3.05, 3.63) is 24.3 Å². The van der Waals surface area contributed by atoms with Crippen molar-refractivity contribution in [2.45, 2.75) is 26.6 Å². The van der Waals surface area contributed by atoms with Crippen LogP contribution in [-0.4, -0.2) is 18.7 Å². The second-order valence-corrected chi connectivity index (χ2v) is 6.45. The number of hydrogen-bond donors (Lipinski definition) is 0. The second kappa shape index (κ2) is 8.67. The van der Waals surface area contributed by atoms with Crippen molar-refractivity contribution < 1.29 is 35.5 Å². The Labute approximate surface area is 130 Å². The SMILES string of the molecule is CCCSOP(=O)(OCC)Oc1ccc(OC(F)(F)F)cc1. The molecule has 0 aliphatic heterocycles. The van der Waals surface area contributed by atoms with E-state index in [1.54, 1.807) is 6.92 Å². The topological polar surface area (TPSA) is 54.0 Å². The molecule has 0 amide bonds. The molecule has 0 bridgehead atoms. The molecule has 1 unspecified atom stereocenters. The van der Waals surface area contributed by atoms with Crippen molar-refractivity contribution in [2.24, 2.45) is 0 Å². The lowest BCUT2D eigenvalue weighted by Crippen LogP contribution is -2.16. The third-order valence-electron chi connectivity index (χ3n) is 1.99. The number of phosphoric ester groups is 1. The Morgan fingerprint density at radius 2 is 1.73 bits per heavy atom. The zero-order valence-electron chi connectivity index (χ0n) is 12.0. The van der Waals surface area contributed by atoms with Gasteiger partial charge in [0.1, 0.15) is 11.5 Å². The minimum absolute atomic E-state index is 0.0448. The molecule has 0 saturated carbocycles. The van der Waals surface area contributed by atoms with Crippen LogP contribution in [0, 0.1) is 0 Å². The van der Waals surface area contributed by atoms with E-state index in [0.29, 0.717) is 5.75 Å². The standard InChI is InChI=1S/C12H16F3O5PS/c1-3-9-22-20-21(16,17-4-2)19-11-7-5-10(6-8-11)18-12(13,14)15/h5-8H,3-4,9H2,1-2H3. The number of ether oxygens (including phenoxy) is 1. The van der Waals surface area contributed by atoms with Crippen LogP contribution in [0.25, 0.3) is 0 Å². The van der Waals surface area contributed by atoms with E-state index in [0.717, 1.165) is 30.6 Å². The first-order valence-electron chi connectivity index (χ1n) is 6.39. The third-order valence-corrected chi connectivity index (χ3v) is 4.73. The maximum absolute atomic E-state index is 12.3. The number of phosphoric acid groups is 1. The predicted molar refractivity (Wildman–Crippen MR) is 76.8 cm³/mol. The van der Waals surface area contributed by atoms with Crippen LogP contribution in [0.3, 0.4) is 0 Å². The summed E-state index contributed by atoms with van der Waals surface area (Å²) in [5, 5.41) is 0. The zero-order valence-corrected chi connectivity index (χ0v) is 13.7. The highest BCUT2D eigenvalue weighted by atomic mass is 32.2. The van der Waals surface area contributed by atoms with Crippen LogP contribution in [-0.2, 0) is 13.1 Å². The molecule has 0 radical (unpaired) electrons. The minimum Gasteiger partial charge on any atom is -0.406 e. The molecular weight excluding hydrogens is 344 g/mol. The monoisotopic (exact) mass is 360 g/mol. The summed E-state index contributed by atoms with van der Waals surface area (Å²) < 4.78 is 67.3. The Kier molecular flexibility index (Phi) is 7.55. The van der Waals surface area contributed by atoms with Crippen LogP contribution in [0.5, 0.6) is 11.5 Å². The maximum atomic E-state index is 12.3. The summed E-state index contributed by atoms with van der Waals surface area (Å²) in [5.74, 6) is 0.231. The Balaban J connectivity index is 2.71. The van der Waals surface area contributed by atoms with Crippen molar-refractivity contribution in [1.29, 1.82) is 0 Å². The number of benzene rings is 1. The van der Waals surface area contributed by atoms with E-state index >= 15 is 0 Å². The average Bonchev–Trinajstić information content (AvgIpc) is 2.40. The van der Waals surface area contributed by atoms with E-state index in [9.17, 15) is 17.7 Å². The molecule has 0 N–H and O–H groups in total. The molecule has 1 rings (SSSR count). The van der Waals surface area contributed by atoms with Crippen LogP contribution in [0.15, 0.2) is 24.3 Å². The van der Waals surface area contributed by atoms with Gasteiger partial charge in [0.15, 0.2) is 0 Å². The fourth-order valence-electron chi connectivity index (χ4n) is 1.24. The van der Waals surface area contributed by atoms with E-state index in [4.69, 9.17) is 13.0 Å². The highest BCUT2D eigenvalue weighted by molar-refractivity contribution is 7.98. The quantitative estimate of drug-likeness (QED) is 0.343. The van der Waals surface area contributed by atoms with Crippen molar-refractivity contribution in [1.82, 2.24) is 0 Å². The Morgan fingerprint density at radius 3 is 2.23 bits per heavy atom. The summed E-state index contributed by atoms with van der Waals surface area (Å²) in [6.07, 6.45) is -3.97. The molecule has 0 aliphatic rings. The minimum atomic E-state index is -4.77. The molecule has 0 fully saturated rings. The van der Waals surface area contributed by atoms with Gasteiger partial charge in [0.05, 0.1) is 6.61 Å². The molecule has 5 nitrogen and oxygen atoms in total. The summed E-state index contributed by atoms with van der Waals surface area (Å²) in [5.41, 5.74) is 0. The predicted octanol–water partition coefficient (Wildman–Crippen LogP) is 5.18. The van der Waals surface area contributed by atoms with Crippen LogP contribution in [0.2, 0.25) is 0 Å². The van der Waals surface area contributed by atoms with Crippen molar-refractivity contribution >= 4 is 19.9 Å². The van der Waals surface area contributed by atoms with Gasteiger partial charge < -0.3 is 9.26 Å². The Hall–Kier alpha value is -0.890. The number of hydrogen-bond acceptors (Lipinski definition) is 6. The third kappa shape index (κ3) is 7.40. The molecule has 22 heavy (non-hydrogen) atoms. The Bertz CT molecular complexity index is 495. The van der Waals surface area contributed by atoms with Crippen molar-refractivity contribution in [3.8, 4) is 11.5 Å². The number of halogens is 3. The lowest BCUT2D eigenvalue weighted by molar-refractivity contribution is -0.274. The lowest BCUT2D eigenvalue weighted by atomic mass is 10.3. The van der Waals surface area contributed by atoms with E-state index < -0.39 is 19.9 Å². The van der Waals surface area contributed by atoms with E-state index in [1.807, 2.05) is 6.92 Å². The Morgan fingerprint density at radius 1 is 1.14 bits per heavy atom. The highest BCUT2D eigenvalue weighted by Gasteiger charge is 2.32. The van der Waals surface area contributed by atoms with Gasteiger partial charge in [-0.25, -0.2) is 8.54 Å². The van der Waals surface area contributed by atoms with Gasteiger partial charge in [0.25, 0.3) is 0 Å². The molecule has 1 aromatic carbocycles. The smallest absolute Gasteiger partial charge is 0.406 e. The van der Waals surface area contributed by atoms with Gasteiger partial charge in [0, 0.05) is 17.8 Å². The molecule has 10 heteroatoms. The van der Waals surface area contributed by atoms with Crippen LogP contribution in [0.4, 0.5) is 13.2 Å². The van der Waals surface area contributed by atoms with E-state index in [2.05, 4.69) is 4.74 Å². The second-order valence-electron chi connectivity index (χ2n) is 3.87. The summed E-state index contributed by atoms with van der Waals surface area (Å²) in [6.45, 7) is 3.63. The van der Waals surface area contributed by atoms with Gasteiger partial charge in [-0.2, -0.15) is 0 Å². The van der Waals surface area contributed by atoms with Crippen LogP contribution < -0.4 is 9.26 Å². The fourth-order valence-corrected chi connectivity index (χ4v) is 3.26. The van der Waals surface area contributed by atoms with Gasteiger partial charge in [0.2, 0.25) is 0 Å². The fraction of sp³-hybridized carbons (Fsp3) is 0.500. The largest absolute Gasteiger partial charge is 0.573 e. The molecular formula is C12H16F3O5PS. The van der Waals surface area contributed by atoms with Crippen molar-refractivity contribution in [3.63, 3.8) is 0 Å². The number of alkyl halides is 3. The summed E-state index contributed by atoms with van der Waals surface area (Å²) in [7, 11) is -3.83. The van der Waals surface area contributed by atoms with Gasteiger partial charge in [-0.15, -0.1) is 13.2 Å². The van der Waals surface area contributed by atoms with Crippen molar-refractivity contribution in [2.75, 3.05) is 12.4 Å². The van der Waals surface area contributed by atoms with Gasteiger partial charge in [-0.1, -0.05) is 6.92 Å². The van der Waals surface area contributed by atoms with Crippen LogP contribution >= 0.6 is 19.9 Å². The molecule has 126 valence electrons. The lowest BCUT2D eigenvalue weighted by Gasteiger charge is -2.17. The molecule has 0 heterocycles. The first-order valence-corrected chi connectivity index (χ1v) is 8.76. The summed E-state index contributed by atoms with van der Waals surface area (Å²) in [6, 6.07) is 4.44. The first-order chi connectivity index (χ1) is 10.3. The summed E-state index contributed by atoms with van der Waals surface area (Å²) in [4.78, 5) is 0. The van der Waals surface area contributed by atoms with Gasteiger partial charge in [-0.05, 0) is 37.6 Å². The highest BCUT2D eigenvalue weighted by Crippen LogP contribution is 2.52. The average molecular weight is 360 g/mol. The summed E-state index contributed by atoms with van der Waals surface area (Å²) >= 11 is 0.944. The number of rotatable bonds is 9.